The molecule has 7 nitrogen and oxygen atoms in total. The number of aromatic nitrogens is 2. The topological polar surface area (TPSA) is 75.6 Å². The zero-order valence-electron chi connectivity index (χ0n) is 15.8. The monoisotopic (exact) mass is 388 g/mol. The number of ether oxygens (including phenoxy) is 1. The lowest BCUT2D eigenvalue weighted by molar-refractivity contribution is 0.0525. The number of hydrogen-bond donors (Lipinski definition) is 0. The van der Waals surface area contributed by atoms with Gasteiger partial charge in [0.25, 0.3) is 10.2 Å². The standard InChI is InChI=1S/C19H24N4O3S/c1-14-16-11-26-13-19(9-10-23(12-19)27(24,25)22(2)3)17(16)21-18(20-14)15-7-5-4-6-8-15/h4-8H,9-13H2,1-3H3. The van der Waals surface area contributed by atoms with Gasteiger partial charge in [0.05, 0.1) is 24.3 Å². The van der Waals surface area contributed by atoms with Gasteiger partial charge >= 0.3 is 0 Å². The lowest BCUT2D eigenvalue weighted by Crippen LogP contribution is -2.44. The molecule has 2 aliphatic heterocycles. The molecule has 1 aromatic heterocycles. The Labute approximate surface area is 160 Å². The summed E-state index contributed by atoms with van der Waals surface area (Å²) < 4.78 is 33.9. The molecule has 0 N–H and O–H groups in total. The summed E-state index contributed by atoms with van der Waals surface area (Å²) >= 11 is 0. The van der Waals surface area contributed by atoms with Crippen LogP contribution in [0.1, 0.15) is 23.4 Å². The summed E-state index contributed by atoms with van der Waals surface area (Å²) in [5.41, 5.74) is 3.36. The van der Waals surface area contributed by atoms with Crippen molar-refractivity contribution in [3.63, 3.8) is 0 Å². The minimum absolute atomic E-state index is 0.380. The van der Waals surface area contributed by atoms with Crippen LogP contribution in [-0.2, 0) is 27.0 Å². The summed E-state index contributed by atoms with van der Waals surface area (Å²) in [4.78, 5) is 9.59. The van der Waals surface area contributed by atoms with Crippen molar-refractivity contribution in [2.75, 3.05) is 33.8 Å². The second-order valence-electron chi connectivity index (χ2n) is 7.47. The van der Waals surface area contributed by atoms with Crippen molar-refractivity contribution in [3.05, 3.63) is 47.3 Å². The first-order valence-corrected chi connectivity index (χ1v) is 10.4. The van der Waals surface area contributed by atoms with Crippen molar-refractivity contribution in [2.24, 2.45) is 0 Å². The van der Waals surface area contributed by atoms with Crippen LogP contribution in [0.3, 0.4) is 0 Å². The highest BCUT2D eigenvalue weighted by Gasteiger charge is 2.48. The molecule has 4 rings (SSSR count). The average molecular weight is 388 g/mol. The van der Waals surface area contributed by atoms with E-state index in [1.165, 1.54) is 8.61 Å². The summed E-state index contributed by atoms with van der Waals surface area (Å²) in [7, 11) is -0.337. The lowest BCUT2D eigenvalue weighted by atomic mass is 9.80. The molecule has 2 aliphatic rings. The van der Waals surface area contributed by atoms with Gasteiger partial charge in [-0.1, -0.05) is 30.3 Å². The highest BCUT2D eigenvalue weighted by molar-refractivity contribution is 7.86. The van der Waals surface area contributed by atoms with Gasteiger partial charge in [0.1, 0.15) is 0 Å². The summed E-state index contributed by atoms with van der Waals surface area (Å²) in [5.74, 6) is 0.682. The molecule has 0 aliphatic carbocycles. The molecule has 1 saturated heterocycles. The van der Waals surface area contributed by atoms with Gasteiger partial charge in [-0.25, -0.2) is 9.97 Å². The van der Waals surface area contributed by atoms with E-state index in [-0.39, 0.29) is 0 Å². The first kappa shape index (κ1) is 18.5. The fourth-order valence-electron chi connectivity index (χ4n) is 3.91. The van der Waals surface area contributed by atoms with Gasteiger partial charge in [-0.05, 0) is 13.3 Å². The Morgan fingerprint density at radius 3 is 2.63 bits per heavy atom. The first-order chi connectivity index (χ1) is 12.8. The molecule has 1 spiro atoms. The third kappa shape index (κ3) is 3.06. The molecule has 0 amide bonds. The molecule has 144 valence electrons. The van der Waals surface area contributed by atoms with Crippen molar-refractivity contribution in [1.82, 2.24) is 18.6 Å². The smallest absolute Gasteiger partial charge is 0.281 e. The van der Waals surface area contributed by atoms with Gasteiger partial charge in [-0.15, -0.1) is 0 Å². The predicted molar refractivity (Wildman–Crippen MR) is 102 cm³/mol. The van der Waals surface area contributed by atoms with Crippen molar-refractivity contribution in [3.8, 4) is 11.4 Å². The number of aryl methyl sites for hydroxylation is 1. The first-order valence-electron chi connectivity index (χ1n) is 9.02. The lowest BCUT2D eigenvalue weighted by Gasteiger charge is -2.35. The molecule has 0 radical (unpaired) electrons. The van der Waals surface area contributed by atoms with E-state index in [4.69, 9.17) is 9.72 Å². The van der Waals surface area contributed by atoms with E-state index in [1.54, 1.807) is 14.1 Å². The quantitative estimate of drug-likeness (QED) is 0.800. The van der Waals surface area contributed by atoms with Gasteiger partial charge in [-0.3, -0.25) is 0 Å². The maximum Gasteiger partial charge on any atom is 0.281 e. The van der Waals surface area contributed by atoms with E-state index in [9.17, 15) is 8.42 Å². The normalized spacial score (nSPS) is 23.1. The van der Waals surface area contributed by atoms with E-state index in [0.29, 0.717) is 38.5 Å². The molecule has 1 unspecified atom stereocenters. The van der Waals surface area contributed by atoms with E-state index in [2.05, 4.69) is 4.98 Å². The van der Waals surface area contributed by atoms with Crippen LogP contribution >= 0.6 is 0 Å². The molecule has 8 heteroatoms. The second-order valence-corrected chi connectivity index (χ2v) is 9.62. The van der Waals surface area contributed by atoms with E-state index in [0.717, 1.165) is 22.5 Å². The molecule has 3 heterocycles. The highest BCUT2D eigenvalue weighted by Crippen LogP contribution is 2.41. The molecule has 0 saturated carbocycles. The van der Waals surface area contributed by atoms with Crippen LogP contribution in [0.2, 0.25) is 0 Å². The molecule has 2 aromatic rings. The van der Waals surface area contributed by atoms with Gasteiger partial charge in [0, 0.05) is 44.0 Å². The summed E-state index contributed by atoms with van der Waals surface area (Å²) in [6, 6.07) is 9.88. The maximum atomic E-state index is 12.6. The van der Waals surface area contributed by atoms with Crippen LogP contribution in [0, 0.1) is 6.92 Å². The Morgan fingerprint density at radius 2 is 1.93 bits per heavy atom. The predicted octanol–water partition coefficient (Wildman–Crippen LogP) is 1.73. The van der Waals surface area contributed by atoms with Crippen LogP contribution in [0.15, 0.2) is 30.3 Å². The maximum absolute atomic E-state index is 12.6. The van der Waals surface area contributed by atoms with Gasteiger partial charge in [0.15, 0.2) is 5.82 Å². The van der Waals surface area contributed by atoms with Gasteiger partial charge in [0.2, 0.25) is 0 Å². The third-order valence-corrected chi connectivity index (χ3v) is 7.37. The minimum atomic E-state index is -3.46. The SMILES string of the molecule is Cc1nc(-c2ccccc2)nc2c1COCC21CCN(S(=O)(=O)N(C)C)C1. The van der Waals surface area contributed by atoms with Crippen LogP contribution in [0.5, 0.6) is 0 Å². The number of rotatable bonds is 3. The average Bonchev–Trinajstić information content (AvgIpc) is 3.08. The Balaban J connectivity index is 1.79. The Kier molecular flexibility index (Phi) is 4.54. The molecule has 1 aromatic carbocycles. The fraction of sp³-hybridized carbons (Fsp3) is 0.474. The summed E-state index contributed by atoms with van der Waals surface area (Å²) in [5, 5.41) is 0. The molecule has 1 atom stereocenters. The van der Waals surface area contributed by atoms with Crippen molar-refractivity contribution < 1.29 is 13.2 Å². The van der Waals surface area contributed by atoms with Gasteiger partial charge < -0.3 is 4.74 Å². The van der Waals surface area contributed by atoms with Crippen LogP contribution in [0.4, 0.5) is 0 Å². The molecular formula is C19H24N4O3S. The highest BCUT2D eigenvalue weighted by atomic mass is 32.2. The number of nitrogens with zero attached hydrogens (tertiary/aromatic N) is 4. The zero-order valence-corrected chi connectivity index (χ0v) is 16.7. The van der Waals surface area contributed by atoms with Crippen molar-refractivity contribution in [2.45, 2.75) is 25.4 Å². The van der Waals surface area contributed by atoms with Crippen LogP contribution in [-0.4, -0.2) is 60.8 Å². The Bertz CT molecular complexity index is 962. The zero-order chi connectivity index (χ0) is 19.2. The second kappa shape index (κ2) is 6.63. The molecule has 0 bridgehead atoms. The summed E-state index contributed by atoms with van der Waals surface area (Å²) in [6.45, 7) is 3.76. The molecule has 27 heavy (non-hydrogen) atoms. The fourth-order valence-corrected chi connectivity index (χ4v) is 5.11. The van der Waals surface area contributed by atoms with E-state index < -0.39 is 15.6 Å². The van der Waals surface area contributed by atoms with Gasteiger partial charge in [-0.2, -0.15) is 17.0 Å². The summed E-state index contributed by atoms with van der Waals surface area (Å²) in [6.07, 6.45) is 0.692. The van der Waals surface area contributed by atoms with E-state index >= 15 is 0 Å². The van der Waals surface area contributed by atoms with Crippen molar-refractivity contribution in [1.29, 1.82) is 0 Å². The Morgan fingerprint density at radius 1 is 1.19 bits per heavy atom. The minimum Gasteiger partial charge on any atom is -0.376 e. The Hall–Kier alpha value is -1.87. The number of benzene rings is 1. The van der Waals surface area contributed by atoms with E-state index in [1.807, 2.05) is 37.3 Å². The molecular weight excluding hydrogens is 364 g/mol. The molecule has 1 fully saturated rings. The van der Waals surface area contributed by atoms with Crippen LogP contribution in [0.25, 0.3) is 11.4 Å². The number of hydrogen-bond acceptors (Lipinski definition) is 5. The van der Waals surface area contributed by atoms with Crippen LogP contribution < -0.4 is 0 Å². The van der Waals surface area contributed by atoms with Crippen molar-refractivity contribution >= 4 is 10.2 Å². The largest absolute Gasteiger partial charge is 0.376 e. The third-order valence-electron chi connectivity index (χ3n) is 5.48. The number of fused-ring (bicyclic) bond motifs is 2.